The maximum atomic E-state index is 13.0. The molecule has 0 N–H and O–H groups in total. The van der Waals surface area contributed by atoms with Crippen molar-refractivity contribution in [3.8, 4) is 5.69 Å². The molecule has 16 heavy (non-hydrogen) atoms. The molecule has 0 saturated carbocycles. The lowest BCUT2D eigenvalue weighted by Crippen LogP contribution is -2.02. The van der Waals surface area contributed by atoms with Gasteiger partial charge >= 0.3 is 0 Å². The van der Waals surface area contributed by atoms with Crippen molar-refractivity contribution in [2.45, 2.75) is 13.3 Å². The van der Waals surface area contributed by atoms with Gasteiger partial charge in [-0.25, -0.2) is 14.1 Å². The summed E-state index contributed by atoms with van der Waals surface area (Å²) >= 11 is 0. The summed E-state index contributed by atoms with van der Waals surface area (Å²) in [5, 5.41) is 3.98. The van der Waals surface area contributed by atoms with Crippen LogP contribution in [0.3, 0.4) is 0 Å². The number of aryl methyl sites for hydroxylation is 1. The molecule has 4 nitrogen and oxygen atoms in total. The predicted molar refractivity (Wildman–Crippen MR) is 56.1 cm³/mol. The third-order valence-corrected chi connectivity index (χ3v) is 2.16. The van der Waals surface area contributed by atoms with E-state index in [9.17, 15) is 9.18 Å². The second-order valence-electron chi connectivity index (χ2n) is 3.25. The summed E-state index contributed by atoms with van der Waals surface area (Å²) in [4.78, 5) is 14.6. The highest BCUT2D eigenvalue weighted by Crippen LogP contribution is 2.11. The van der Waals surface area contributed by atoms with Gasteiger partial charge in [0.1, 0.15) is 11.6 Å². The molecule has 1 aromatic carbocycles. The van der Waals surface area contributed by atoms with Crippen molar-refractivity contribution < 1.29 is 9.18 Å². The van der Waals surface area contributed by atoms with E-state index >= 15 is 0 Å². The minimum absolute atomic E-state index is 0.112. The molecule has 0 saturated heterocycles. The van der Waals surface area contributed by atoms with Gasteiger partial charge in [-0.1, -0.05) is 13.0 Å². The minimum atomic E-state index is -0.345. The molecule has 0 atom stereocenters. The zero-order chi connectivity index (χ0) is 11.5. The molecule has 0 bridgehead atoms. The van der Waals surface area contributed by atoms with E-state index in [1.54, 1.807) is 12.1 Å². The van der Waals surface area contributed by atoms with Crippen LogP contribution in [0.25, 0.3) is 5.69 Å². The van der Waals surface area contributed by atoms with Crippen LogP contribution in [0.5, 0.6) is 0 Å². The summed E-state index contributed by atoms with van der Waals surface area (Å²) in [6.07, 6.45) is 1.20. The van der Waals surface area contributed by atoms with Gasteiger partial charge in [-0.2, -0.15) is 0 Å². The van der Waals surface area contributed by atoms with Crippen molar-refractivity contribution >= 4 is 6.29 Å². The van der Waals surface area contributed by atoms with E-state index in [1.165, 1.54) is 16.8 Å². The van der Waals surface area contributed by atoms with Gasteiger partial charge in [0.2, 0.25) is 5.82 Å². The molecule has 82 valence electrons. The topological polar surface area (TPSA) is 47.8 Å². The van der Waals surface area contributed by atoms with E-state index in [0.29, 0.717) is 24.2 Å². The molecule has 0 fully saturated rings. The molecule has 1 aromatic heterocycles. The maximum Gasteiger partial charge on any atom is 0.214 e. The van der Waals surface area contributed by atoms with E-state index in [1.807, 2.05) is 6.92 Å². The van der Waals surface area contributed by atoms with Crippen LogP contribution in [-0.2, 0) is 6.42 Å². The van der Waals surface area contributed by atoms with E-state index < -0.39 is 0 Å². The molecule has 0 aliphatic heterocycles. The number of aldehydes is 1. The predicted octanol–water partition coefficient (Wildman–Crippen LogP) is 1.78. The lowest BCUT2D eigenvalue weighted by molar-refractivity contribution is 0.111. The van der Waals surface area contributed by atoms with Crippen molar-refractivity contribution in [2.75, 3.05) is 0 Å². The number of aromatic nitrogens is 3. The molecule has 5 heteroatoms. The van der Waals surface area contributed by atoms with Gasteiger partial charge in [-0.3, -0.25) is 4.79 Å². The Labute approximate surface area is 91.7 Å². The third-order valence-electron chi connectivity index (χ3n) is 2.16. The average Bonchev–Trinajstić information content (AvgIpc) is 2.72. The summed E-state index contributed by atoms with van der Waals surface area (Å²) in [5.41, 5.74) is 0.567. The van der Waals surface area contributed by atoms with Gasteiger partial charge in [-0.15, -0.1) is 5.10 Å². The number of carbonyl (C=O) groups is 1. The molecule has 0 radical (unpaired) electrons. The SMILES string of the molecule is CCc1nc(C=O)nn1-c1cccc(F)c1. The van der Waals surface area contributed by atoms with Gasteiger partial charge in [0, 0.05) is 6.42 Å². The van der Waals surface area contributed by atoms with Crippen LogP contribution >= 0.6 is 0 Å². The van der Waals surface area contributed by atoms with E-state index in [0.717, 1.165) is 0 Å². The van der Waals surface area contributed by atoms with E-state index in [-0.39, 0.29) is 11.6 Å². The number of benzene rings is 1. The summed E-state index contributed by atoms with van der Waals surface area (Å²) in [6.45, 7) is 1.90. The van der Waals surface area contributed by atoms with Gasteiger partial charge in [0.25, 0.3) is 0 Å². The summed E-state index contributed by atoms with van der Waals surface area (Å²) < 4.78 is 14.5. The number of hydrogen-bond donors (Lipinski definition) is 0. The molecule has 0 unspecified atom stereocenters. The van der Waals surface area contributed by atoms with Gasteiger partial charge in [-0.05, 0) is 18.2 Å². The van der Waals surface area contributed by atoms with E-state index in [4.69, 9.17) is 0 Å². The quantitative estimate of drug-likeness (QED) is 0.739. The average molecular weight is 219 g/mol. The van der Waals surface area contributed by atoms with Gasteiger partial charge in [0.05, 0.1) is 5.69 Å². The molecule has 0 aliphatic carbocycles. The normalized spacial score (nSPS) is 10.4. The number of hydrogen-bond acceptors (Lipinski definition) is 3. The largest absolute Gasteiger partial charge is 0.294 e. The van der Waals surface area contributed by atoms with Crippen molar-refractivity contribution in [3.63, 3.8) is 0 Å². The molecular weight excluding hydrogens is 209 g/mol. The molecule has 1 heterocycles. The van der Waals surface area contributed by atoms with Crippen LogP contribution in [0, 0.1) is 5.82 Å². The lowest BCUT2D eigenvalue weighted by Gasteiger charge is -2.03. The summed E-state index contributed by atoms with van der Waals surface area (Å²) in [7, 11) is 0. The monoisotopic (exact) mass is 219 g/mol. The Bertz CT molecular complexity index is 522. The number of rotatable bonds is 3. The Balaban J connectivity index is 2.54. The summed E-state index contributed by atoms with van der Waals surface area (Å²) in [5.74, 6) is 0.400. The zero-order valence-corrected chi connectivity index (χ0v) is 8.72. The van der Waals surface area contributed by atoms with Crippen molar-refractivity contribution in [2.24, 2.45) is 0 Å². The molecular formula is C11H10FN3O. The highest BCUT2D eigenvalue weighted by molar-refractivity contribution is 5.68. The van der Waals surface area contributed by atoms with E-state index in [2.05, 4.69) is 10.1 Å². The number of nitrogens with zero attached hydrogens (tertiary/aromatic N) is 3. The molecule has 2 aromatic rings. The number of carbonyl (C=O) groups excluding carboxylic acids is 1. The Hall–Kier alpha value is -2.04. The van der Waals surface area contributed by atoms with Crippen LogP contribution in [-0.4, -0.2) is 21.1 Å². The van der Waals surface area contributed by atoms with Crippen LogP contribution in [0.15, 0.2) is 24.3 Å². The highest BCUT2D eigenvalue weighted by Gasteiger charge is 2.09. The van der Waals surface area contributed by atoms with Crippen molar-refractivity contribution in [1.29, 1.82) is 0 Å². The second kappa shape index (κ2) is 4.22. The Morgan fingerprint density at radius 3 is 2.94 bits per heavy atom. The molecule has 0 aliphatic rings. The highest BCUT2D eigenvalue weighted by atomic mass is 19.1. The van der Waals surface area contributed by atoms with Crippen LogP contribution in [0.1, 0.15) is 23.4 Å². The van der Waals surface area contributed by atoms with Crippen LogP contribution in [0.4, 0.5) is 4.39 Å². The fraction of sp³-hybridized carbons (Fsp3) is 0.182. The second-order valence-corrected chi connectivity index (χ2v) is 3.25. The standard InChI is InChI=1S/C11H10FN3O/c1-2-11-13-10(7-16)14-15(11)9-5-3-4-8(12)6-9/h3-7H,2H2,1H3. The maximum absolute atomic E-state index is 13.0. The van der Waals surface area contributed by atoms with Crippen LogP contribution in [0.2, 0.25) is 0 Å². The fourth-order valence-corrected chi connectivity index (χ4v) is 1.46. The molecule has 2 rings (SSSR count). The third kappa shape index (κ3) is 1.84. The Morgan fingerprint density at radius 1 is 1.50 bits per heavy atom. The number of halogens is 1. The first kappa shape index (κ1) is 10.5. The van der Waals surface area contributed by atoms with Gasteiger partial charge < -0.3 is 0 Å². The zero-order valence-electron chi connectivity index (χ0n) is 8.72. The van der Waals surface area contributed by atoms with Crippen molar-refractivity contribution in [1.82, 2.24) is 14.8 Å². The first-order valence-electron chi connectivity index (χ1n) is 4.91. The smallest absolute Gasteiger partial charge is 0.214 e. The van der Waals surface area contributed by atoms with Crippen molar-refractivity contribution in [3.05, 3.63) is 41.7 Å². The fourth-order valence-electron chi connectivity index (χ4n) is 1.46. The lowest BCUT2D eigenvalue weighted by atomic mass is 10.3. The van der Waals surface area contributed by atoms with Gasteiger partial charge in [0.15, 0.2) is 6.29 Å². The summed E-state index contributed by atoms with van der Waals surface area (Å²) in [6, 6.07) is 6.01. The first-order chi connectivity index (χ1) is 7.74. The van der Waals surface area contributed by atoms with Crippen LogP contribution < -0.4 is 0 Å². The Morgan fingerprint density at radius 2 is 2.31 bits per heavy atom. The molecule has 0 spiro atoms. The first-order valence-corrected chi connectivity index (χ1v) is 4.91. The minimum Gasteiger partial charge on any atom is -0.294 e. The Kier molecular flexibility index (Phi) is 2.76. The molecule has 0 amide bonds.